The zero-order valence-corrected chi connectivity index (χ0v) is 11.5. The first-order valence-electron chi connectivity index (χ1n) is 6.28. The third-order valence-electron chi connectivity index (χ3n) is 3.37. The van der Waals surface area contributed by atoms with Gasteiger partial charge in [-0.2, -0.15) is 0 Å². The SMILES string of the molecule is Nc1cccc(Cl)c1Cn1ccc2ccccc2c1=O. The lowest BCUT2D eigenvalue weighted by Gasteiger charge is -2.11. The number of rotatable bonds is 2. The molecule has 1 heterocycles. The predicted octanol–water partition coefficient (Wildman–Crippen LogP) is 3.29. The van der Waals surface area contributed by atoms with E-state index in [1.165, 1.54) is 0 Å². The highest BCUT2D eigenvalue weighted by Gasteiger charge is 2.08. The summed E-state index contributed by atoms with van der Waals surface area (Å²) in [6, 6.07) is 14.8. The van der Waals surface area contributed by atoms with E-state index in [1.807, 2.05) is 30.3 Å². The normalized spacial score (nSPS) is 10.8. The molecule has 0 aliphatic heterocycles. The molecule has 3 aromatic rings. The highest BCUT2D eigenvalue weighted by molar-refractivity contribution is 6.31. The van der Waals surface area contributed by atoms with E-state index in [1.54, 1.807) is 29.0 Å². The minimum Gasteiger partial charge on any atom is -0.398 e. The van der Waals surface area contributed by atoms with Gasteiger partial charge in [-0.3, -0.25) is 4.79 Å². The molecule has 0 spiro atoms. The maximum absolute atomic E-state index is 12.4. The van der Waals surface area contributed by atoms with Gasteiger partial charge < -0.3 is 10.3 Å². The molecular weight excluding hydrogens is 272 g/mol. The summed E-state index contributed by atoms with van der Waals surface area (Å²) in [7, 11) is 0. The third kappa shape index (κ3) is 2.17. The number of nitrogens with zero attached hydrogens (tertiary/aromatic N) is 1. The Labute approximate surface area is 121 Å². The predicted molar refractivity (Wildman–Crippen MR) is 83.2 cm³/mol. The molecule has 0 unspecified atom stereocenters. The van der Waals surface area contributed by atoms with Gasteiger partial charge in [-0.1, -0.05) is 35.9 Å². The Hall–Kier alpha value is -2.26. The van der Waals surface area contributed by atoms with Crippen LogP contribution in [0.5, 0.6) is 0 Å². The minimum absolute atomic E-state index is 0.0394. The zero-order valence-electron chi connectivity index (χ0n) is 10.7. The minimum atomic E-state index is -0.0394. The maximum Gasteiger partial charge on any atom is 0.258 e. The molecule has 2 N–H and O–H groups in total. The van der Waals surface area contributed by atoms with E-state index in [0.29, 0.717) is 22.6 Å². The monoisotopic (exact) mass is 284 g/mol. The van der Waals surface area contributed by atoms with E-state index in [9.17, 15) is 4.79 Å². The van der Waals surface area contributed by atoms with E-state index in [4.69, 9.17) is 17.3 Å². The van der Waals surface area contributed by atoms with Crippen LogP contribution in [0, 0.1) is 0 Å². The van der Waals surface area contributed by atoms with Crippen molar-refractivity contribution in [2.75, 3.05) is 5.73 Å². The zero-order chi connectivity index (χ0) is 14.1. The van der Waals surface area contributed by atoms with Gasteiger partial charge in [-0.25, -0.2) is 0 Å². The van der Waals surface area contributed by atoms with E-state index in [-0.39, 0.29) is 5.56 Å². The first kappa shape index (κ1) is 12.8. The number of anilines is 1. The maximum atomic E-state index is 12.4. The smallest absolute Gasteiger partial charge is 0.258 e. The molecule has 20 heavy (non-hydrogen) atoms. The molecule has 0 aliphatic rings. The number of nitrogen functional groups attached to an aromatic ring is 1. The molecule has 0 saturated heterocycles. The van der Waals surface area contributed by atoms with Gasteiger partial charge in [-0.15, -0.1) is 0 Å². The number of nitrogens with two attached hydrogens (primary N) is 1. The Morgan fingerprint density at radius 1 is 1.05 bits per heavy atom. The molecule has 3 rings (SSSR count). The van der Waals surface area contributed by atoms with Gasteiger partial charge in [0.1, 0.15) is 0 Å². The van der Waals surface area contributed by atoms with Crippen molar-refractivity contribution in [3.8, 4) is 0 Å². The van der Waals surface area contributed by atoms with Crippen molar-refractivity contribution in [2.45, 2.75) is 6.54 Å². The molecule has 3 nitrogen and oxygen atoms in total. The van der Waals surface area contributed by atoms with Crippen molar-refractivity contribution < 1.29 is 0 Å². The Morgan fingerprint density at radius 2 is 1.85 bits per heavy atom. The Balaban J connectivity index is 2.12. The van der Waals surface area contributed by atoms with Crippen LogP contribution >= 0.6 is 11.6 Å². The van der Waals surface area contributed by atoms with E-state index >= 15 is 0 Å². The van der Waals surface area contributed by atoms with Gasteiger partial charge in [0.2, 0.25) is 0 Å². The number of pyridine rings is 1. The van der Waals surface area contributed by atoms with Crippen LogP contribution in [0.3, 0.4) is 0 Å². The molecule has 1 aromatic heterocycles. The van der Waals surface area contributed by atoms with Gasteiger partial charge >= 0.3 is 0 Å². The fraction of sp³-hybridized carbons (Fsp3) is 0.0625. The number of hydrogen-bond acceptors (Lipinski definition) is 2. The number of benzene rings is 2. The largest absolute Gasteiger partial charge is 0.398 e. The van der Waals surface area contributed by atoms with Crippen molar-refractivity contribution in [1.29, 1.82) is 0 Å². The summed E-state index contributed by atoms with van der Waals surface area (Å²) in [5.41, 5.74) is 7.26. The van der Waals surface area contributed by atoms with Crippen LogP contribution in [-0.2, 0) is 6.54 Å². The molecular formula is C16H13ClN2O. The lowest BCUT2D eigenvalue weighted by molar-refractivity contribution is 0.770. The average molecular weight is 285 g/mol. The van der Waals surface area contributed by atoms with Gasteiger partial charge in [0, 0.05) is 27.9 Å². The number of halogens is 1. The van der Waals surface area contributed by atoms with Crippen molar-refractivity contribution >= 4 is 28.1 Å². The second-order valence-corrected chi connectivity index (χ2v) is 5.05. The average Bonchev–Trinajstić information content (AvgIpc) is 2.45. The van der Waals surface area contributed by atoms with Crippen molar-refractivity contribution in [1.82, 2.24) is 4.57 Å². The van der Waals surface area contributed by atoms with Crippen molar-refractivity contribution in [3.63, 3.8) is 0 Å². The summed E-state index contributed by atoms with van der Waals surface area (Å²) in [5, 5.41) is 2.20. The van der Waals surface area contributed by atoms with Crippen molar-refractivity contribution in [3.05, 3.63) is 75.7 Å². The van der Waals surface area contributed by atoms with Crippen LogP contribution in [0.2, 0.25) is 5.02 Å². The molecule has 0 atom stereocenters. The first-order chi connectivity index (χ1) is 9.66. The number of fused-ring (bicyclic) bond motifs is 1. The molecule has 0 aliphatic carbocycles. The van der Waals surface area contributed by atoms with E-state index in [2.05, 4.69) is 0 Å². The molecule has 4 heteroatoms. The molecule has 0 fully saturated rings. The summed E-state index contributed by atoms with van der Waals surface area (Å²) < 4.78 is 1.62. The molecule has 0 amide bonds. The fourth-order valence-electron chi connectivity index (χ4n) is 2.27. The lowest BCUT2D eigenvalue weighted by atomic mass is 10.1. The summed E-state index contributed by atoms with van der Waals surface area (Å²) in [6.45, 7) is 0.370. The second kappa shape index (κ2) is 5.02. The van der Waals surface area contributed by atoms with Crippen LogP contribution in [0.1, 0.15) is 5.56 Å². The van der Waals surface area contributed by atoms with Gasteiger partial charge in [0.05, 0.1) is 6.54 Å². The summed E-state index contributed by atoms with van der Waals surface area (Å²) in [4.78, 5) is 12.4. The van der Waals surface area contributed by atoms with Gasteiger partial charge in [0.25, 0.3) is 5.56 Å². The van der Waals surface area contributed by atoms with E-state index in [0.717, 1.165) is 10.9 Å². The third-order valence-corrected chi connectivity index (χ3v) is 3.72. The fourth-order valence-corrected chi connectivity index (χ4v) is 2.51. The summed E-state index contributed by atoms with van der Waals surface area (Å²) in [5.74, 6) is 0. The Bertz CT molecular complexity index is 819. The van der Waals surface area contributed by atoms with Gasteiger partial charge in [0.15, 0.2) is 0 Å². The topological polar surface area (TPSA) is 48.0 Å². The van der Waals surface area contributed by atoms with Gasteiger partial charge in [-0.05, 0) is 29.7 Å². The molecule has 0 saturated carbocycles. The summed E-state index contributed by atoms with van der Waals surface area (Å²) >= 11 is 6.15. The van der Waals surface area contributed by atoms with Crippen LogP contribution in [0.4, 0.5) is 5.69 Å². The Morgan fingerprint density at radius 3 is 2.65 bits per heavy atom. The van der Waals surface area contributed by atoms with Crippen LogP contribution in [0.15, 0.2) is 59.5 Å². The quantitative estimate of drug-likeness (QED) is 0.734. The van der Waals surface area contributed by atoms with Crippen LogP contribution in [0.25, 0.3) is 10.8 Å². The Kier molecular flexibility index (Phi) is 3.20. The van der Waals surface area contributed by atoms with Crippen LogP contribution < -0.4 is 11.3 Å². The van der Waals surface area contributed by atoms with Crippen LogP contribution in [-0.4, -0.2) is 4.57 Å². The van der Waals surface area contributed by atoms with E-state index < -0.39 is 0 Å². The second-order valence-electron chi connectivity index (χ2n) is 4.64. The summed E-state index contributed by atoms with van der Waals surface area (Å²) in [6.07, 6.45) is 1.77. The highest BCUT2D eigenvalue weighted by atomic mass is 35.5. The highest BCUT2D eigenvalue weighted by Crippen LogP contribution is 2.22. The standard InChI is InChI=1S/C16H13ClN2O/c17-14-6-3-7-15(18)13(14)10-19-9-8-11-4-1-2-5-12(11)16(19)20/h1-9H,10,18H2. The lowest BCUT2D eigenvalue weighted by Crippen LogP contribution is -2.20. The van der Waals surface area contributed by atoms with Crippen molar-refractivity contribution in [2.24, 2.45) is 0 Å². The molecule has 2 aromatic carbocycles. The molecule has 100 valence electrons. The number of hydrogen-bond donors (Lipinski definition) is 1. The molecule has 0 radical (unpaired) electrons. The number of aromatic nitrogens is 1. The first-order valence-corrected chi connectivity index (χ1v) is 6.65. The molecule has 0 bridgehead atoms.